The number of carbonyl (C=O) groups is 2. The van der Waals surface area contributed by atoms with Crippen LogP contribution >= 0.6 is 0 Å². The molecule has 0 aliphatic heterocycles. The van der Waals surface area contributed by atoms with Gasteiger partial charge in [-0.05, 0) is 62.7 Å². The number of aryl methyl sites for hydroxylation is 2. The van der Waals surface area contributed by atoms with Crippen molar-refractivity contribution in [1.82, 2.24) is 0 Å². The van der Waals surface area contributed by atoms with E-state index < -0.39 is 18.0 Å². The van der Waals surface area contributed by atoms with Crippen molar-refractivity contribution in [1.29, 1.82) is 0 Å². The monoisotopic (exact) mass is 403 g/mol. The maximum absolute atomic E-state index is 12.4. The lowest BCUT2D eigenvalue weighted by Gasteiger charge is -2.14. The zero-order chi connectivity index (χ0) is 21.5. The fourth-order valence-electron chi connectivity index (χ4n) is 2.99. The van der Waals surface area contributed by atoms with Gasteiger partial charge in [-0.1, -0.05) is 47.5 Å². The minimum atomic E-state index is -0.924. The van der Waals surface area contributed by atoms with Gasteiger partial charge < -0.3 is 14.8 Å². The van der Waals surface area contributed by atoms with Crippen LogP contribution in [0.3, 0.4) is 0 Å². The highest BCUT2D eigenvalue weighted by atomic mass is 16.5. The Balaban J connectivity index is 1.52. The smallest absolute Gasteiger partial charge is 0.338 e. The van der Waals surface area contributed by atoms with Gasteiger partial charge in [0.15, 0.2) is 6.10 Å². The zero-order valence-electron chi connectivity index (χ0n) is 17.3. The molecule has 1 atom stereocenters. The minimum absolute atomic E-state index is 0.398. The van der Waals surface area contributed by atoms with E-state index in [1.54, 1.807) is 43.3 Å². The average molecular weight is 403 g/mol. The lowest BCUT2D eigenvalue weighted by Crippen LogP contribution is -2.30. The Morgan fingerprint density at radius 3 is 2.17 bits per heavy atom. The van der Waals surface area contributed by atoms with Gasteiger partial charge in [0.2, 0.25) is 0 Å². The van der Waals surface area contributed by atoms with E-state index in [1.165, 1.54) is 0 Å². The number of benzene rings is 3. The van der Waals surface area contributed by atoms with Gasteiger partial charge in [-0.2, -0.15) is 0 Å². The molecule has 0 aromatic heterocycles. The number of rotatable bonds is 7. The normalized spacial score (nSPS) is 11.4. The Morgan fingerprint density at radius 2 is 1.53 bits per heavy atom. The molecule has 0 radical (unpaired) electrons. The van der Waals surface area contributed by atoms with Crippen molar-refractivity contribution in [2.75, 3.05) is 5.32 Å². The fourth-order valence-corrected chi connectivity index (χ4v) is 2.99. The van der Waals surface area contributed by atoms with Crippen LogP contribution in [0.2, 0.25) is 0 Å². The van der Waals surface area contributed by atoms with Crippen molar-refractivity contribution in [3.63, 3.8) is 0 Å². The van der Waals surface area contributed by atoms with E-state index in [1.807, 2.05) is 50.2 Å². The van der Waals surface area contributed by atoms with Gasteiger partial charge in [0.05, 0.1) is 5.56 Å². The number of hydrogen-bond acceptors (Lipinski definition) is 4. The van der Waals surface area contributed by atoms with E-state index in [2.05, 4.69) is 5.32 Å². The first kappa shape index (κ1) is 21.1. The Morgan fingerprint density at radius 1 is 0.900 bits per heavy atom. The van der Waals surface area contributed by atoms with Gasteiger partial charge in [0, 0.05) is 5.69 Å². The summed E-state index contributed by atoms with van der Waals surface area (Å²) in [5.41, 5.74) is 4.05. The lowest BCUT2D eigenvalue weighted by atomic mass is 10.1. The molecule has 5 nitrogen and oxygen atoms in total. The molecule has 3 aromatic carbocycles. The average Bonchev–Trinajstić information content (AvgIpc) is 2.73. The number of carbonyl (C=O) groups excluding carboxylic acids is 2. The predicted molar refractivity (Wildman–Crippen MR) is 117 cm³/mol. The quantitative estimate of drug-likeness (QED) is 0.560. The number of esters is 1. The summed E-state index contributed by atoms with van der Waals surface area (Å²) in [5.74, 6) is -0.217. The van der Waals surface area contributed by atoms with Gasteiger partial charge in [-0.25, -0.2) is 4.79 Å². The molecule has 3 aromatic rings. The van der Waals surface area contributed by atoms with Crippen LogP contribution in [0.1, 0.15) is 34.0 Å². The van der Waals surface area contributed by atoms with E-state index in [4.69, 9.17) is 9.47 Å². The van der Waals surface area contributed by atoms with Crippen LogP contribution < -0.4 is 10.1 Å². The molecule has 0 bridgehead atoms. The molecule has 30 heavy (non-hydrogen) atoms. The predicted octanol–water partition coefficient (Wildman–Crippen LogP) is 5.07. The second kappa shape index (κ2) is 9.74. The number of anilines is 1. The molecule has 0 unspecified atom stereocenters. The molecule has 0 heterocycles. The number of hydrogen-bond donors (Lipinski definition) is 1. The Kier molecular flexibility index (Phi) is 6.86. The van der Waals surface area contributed by atoms with Gasteiger partial charge in [0.25, 0.3) is 5.91 Å². The maximum Gasteiger partial charge on any atom is 0.338 e. The SMILES string of the molecule is Cc1cc(C)cc(C(=O)O[C@H](C)C(=O)Nc2ccc(OCc3ccccc3)cc2)c1. The number of nitrogens with one attached hydrogen (secondary N) is 1. The first-order chi connectivity index (χ1) is 14.4. The summed E-state index contributed by atoms with van der Waals surface area (Å²) in [6, 6.07) is 22.4. The van der Waals surface area contributed by atoms with Crippen LogP contribution in [-0.2, 0) is 16.1 Å². The molecule has 3 rings (SSSR count). The maximum atomic E-state index is 12.4. The summed E-state index contributed by atoms with van der Waals surface area (Å²) in [4.78, 5) is 24.7. The first-order valence-electron chi connectivity index (χ1n) is 9.77. The second-order valence-electron chi connectivity index (χ2n) is 7.21. The van der Waals surface area contributed by atoms with Crippen molar-refractivity contribution >= 4 is 17.6 Å². The van der Waals surface area contributed by atoms with E-state index in [-0.39, 0.29) is 0 Å². The van der Waals surface area contributed by atoms with Crippen molar-refractivity contribution in [2.24, 2.45) is 0 Å². The Labute approximate surface area is 176 Å². The molecule has 0 spiro atoms. The van der Waals surface area contributed by atoms with Crippen LogP contribution in [0.5, 0.6) is 5.75 Å². The summed E-state index contributed by atoms with van der Waals surface area (Å²) in [7, 11) is 0. The standard InChI is InChI=1S/C25H25NO4/c1-17-13-18(2)15-21(14-17)25(28)30-19(3)24(27)26-22-9-11-23(12-10-22)29-16-20-7-5-4-6-8-20/h4-15,19H,16H2,1-3H3,(H,26,27)/t19-/m1/s1. The Bertz CT molecular complexity index is 993. The van der Waals surface area contributed by atoms with Crippen molar-refractivity contribution < 1.29 is 19.1 Å². The molecule has 154 valence electrons. The molecule has 0 aliphatic rings. The van der Waals surface area contributed by atoms with E-state index in [9.17, 15) is 9.59 Å². The van der Waals surface area contributed by atoms with Crippen molar-refractivity contribution in [2.45, 2.75) is 33.5 Å². The van der Waals surface area contributed by atoms with Crippen LogP contribution in [0.4, 0.5) is 5.69 Å². The summed E-state index contributed by atoms with van der Waals surface area (Å²) in [5, 5.41) is 2.75. The highest BCUT2D eigenvalue weighted by Crippen LogP contribution is 2.18. The first-order valence-corrected chi connectivity index (χ1v) is 9.77. The summed E-state index contributed by atoms with van der Waals surface area (Å²) < 4.78 is 11.1. The van der Waals surface area contributed by atoms with Crippen molar-refractivity contribution in [3.8, 4) is 5.75 Å². The third kappa shape index (κ3) is 5.95. The van der Waals surface area contributed by atoms with E-state index in [0.29, 0.717) is 23.6 Å². The third-order valence-electron chi connectivity index (χ3n) is 4.48. The Hall–Kier alpha value is -3.60. The van der Waals surface area contributed by atoms with Gasteiger partial charge in [-0.15, -0.1) is 0 Å². The fraction of sp³-hybridized carbons (Fsp3) is 0.200. The molecular weight excluding hydrogens is 378 g/mol. The van der Waals surface area contributed by atoms with Gasteiger partial charge in [-0.3, -0.25) is 4.79 Å². The molecule has 1 N–H and O–H groups in total. The largest absolute Gasteiger partial charge is 0.489 e. The molecule has 0 saturated carbocycles. The third-order valence-corrected chi connectivity index (χ3v) is 4.48. The van der Waals surface area contributed by atoms with E-state index in [0.717, 1.165) is 16.7 Å². The van der Waals surface area contributed by atoms with Crippen LogP contribution in [0, 0.1) is 13.8 Å². The topological polar surface area (TPSA) is 64.6 Å². The highest BCUT2D eigenvalue weighted by molar-refractivity contribution is 5.97. The summed E-state index contributed by atoms with van der Waals surface area (Å²) in [6.07, 6.45) is -0.924. The van der Waals surface area contributed by atoms with Gasteiger partial charge in [0.1, 0.15) is 12.4 Å². The highest BCUT2D eigenvalue weighted by Gasteiger charge is 2.19. The summed E-state index contributed by atoms with van der Waals surface area (Å²) >= 11 is 0. The summed E-state index contributed by atoms with van der Waals surface area (Å²) in [6.45, 7) is 5.84. The van der Waals surface area contributed by atoms with Crippen molar-refractivity contribution in [3.05, 3.63) is 95.1 Å². The van der Waals surface area contributed by atoms with Crippen LogP contribution in [0.25, 0.3) is 0 Å². The lowest BCUT2D eigenvalue weighted by molar-refractivity contribution is -0.123. The van der Waals surface area contributed by atoms with Crippen LogP contribution in [0.15, 0.2) is 72.8 Å². The van der Waals surface area contributed by atoms with Crippen LogP contribution in [-0.4, -0.2) is 18.0 Å². The molecule has 0 saturated heterocycles. The molecule has 5 heteroatoms. The molecule has 1 amide bonds. The molecule has 0 aliphatic carbocycles. The van der Waals surface area contributed by atoms with Gasteiger partial charge >= 0.3 is 5.97 Å². The molecular formula is C25H25NO4. The van der Waals surface area contributed by atoms with E-state index >= 15 is 0 Å². The zero-order valence-corrected chi connectivity index (χ0v) is 17.3. The number of ether oxygens (including phenoxy) is 2. The second-order valence-corrected chi connectivity index (χ2v) is 7.21. The molecule has 0 fully saturated rings. The minimum Gasteiger partial charge on any atom is -0.489 e. The number of amides is 1.